The standard InChI is InChI=1S/C11H13N/c1-4-6-10(3)7-8-11(5-2)9-12/h4-6,8H,2-3,7H2,1H3/b6-4-,11-8+. The number of nitriles is 1. The van der Waals surface area contributed by atoms with E-state index in [2.05, 4.69) is 13.2 Å². The Morgan fingerprint density at radius 3 is 2.67 bits per heavy atom. The van der Waals surface area contributed by atoms with Crippen molar-refractivity contribution in [3.63, 3.8) is 0 Å². The van der Waals surface area contributed by atoms with E-state index in [1.807, 2.05) is 31.2 Å². The molecule has 0 aliphatic carbocycles. The maximum Gasteiger partial charge on any atom is 0.0988 e. The third-order valence-corrected chi connectivity index (χ3v) is 1.34. The number of hydrogen-bond acceptors (Lipinski definition) is 1. The molecule has 0 heterocycles. The van der Waals surface area contributed by atoms with Gasteiger partial charge in [-0.05, 0) is 13.3 Å². The molecule has 0 spiro atoms. The fourth-order valence-corrected chi connectivity index (χ4v) is 0.719. The Balaban J connectivity index is 4.13. The third-order valence-electron chi connectivity index (χ3n) is 1.34. The van der Waals surface area contributed by atoms with Crippen molar-refractivity contribution in [1.29, 1.82) is 5.26 Å². The van der Waals surface area contributed by atoms with Crippen LogP contribution in [0.3, 0.4) is 0 Å². The number of allylic oxidation sites excluding steroid dienone is 6. The zero-order chi connectivity index (χ0) is 9.40. The average molecular weight is 159 g/mol. The van der Waals surface area contributed by atoms with E-state index in [1.54, 1.807) is 6.08 Å². The van der Waals surface area contributed by atoms with E-state index in [0.29, 0.717) is 12.0 Å². The molecule has 0 aromatic carbocycles. The van der Waals surface area contributed by atoms with E-state index in [4.69, 9.17) is 5.26 Å². The van der Waals surface area contributed by atoms with Crippen LogP contribution in [0.15, 0.2) is 48.6 Å². The lowest BCUT2D eigenvalue weighted by Gasteiger charge is -1.92. The third kappa shape index (κ3) is 4.29. The zero-order valence-corrected chi connectivity index (χ0v) is 7.38. The lowest BCUT2D eigenvalue weighted by Crippen LogP contribution is -1.75. The van der Waals surface area contributed by atoms with E-state index >= 15 is 0 Å². The maximum atomic E-state index is 8.53. The minimum Gasteiger partial charge on any atom is -0.192 e. The predicted octanol–water partition coefficient (Wildman–Crippen LogP) is 3.14. The largest absolute Gasteiger partial charge is 0.192 e. The highest BCUT2D eigenvalue weighted by atomic mass is 14.2. The van der Waals surface area contributed by atoms with Gasteiger partial charge in [-0.15, -0.1) is 0 Å². The fraction of sp³-hybridized carbons (Fsp3) is 0.182. The molecule has 0 saturated heterocycles. The smallest absolute Gasteiger partial charge is 0.0988 e. The van der Waals surface area contributed by atoms with Crippen LogP contribution >= 0.6 is 0 Å². The molecule has 0 aromatic heterocycles. The summed E-state index contributed by atoms with van der Waals surface area (Å²) in [5.74, 6) is 0. The van der Waals surface area contributed by atoms with Gasteiger partial charge in [0, 0.05) is 5.57 Å². The topological polar surface area (TPSA) is 23.8 Å². The summed E-state index contributed by atoms with van der Waals surface area (Å²) in [5.41, 5.74) is 1.59. The molecule has 1 heteroatoms. The maximum absolute atomic E-state index is 8.53. The van der Waals surface area contributed by atoms with Crippen molar-refractivity contribution < 1.29 is 0 Å². The number of nitrogens with zero attached hydrogens (tertiary/aromatic N) is 1. The summed E-state index contributed by atoms with van der Waals surface area (Å²) < 4.78 is 0. The quantitative estimate of drug-likeness (QED) is 0.456. The first kappa shape index (κ1) is 10.5. The van der Waals surface area contributed by atoms with Crippen molar-refractivity contribution in [3.8, 4) is 6.07 Å². The van der Waals surface area contributed by atoms with Crippen LogP contribution in [0.25, 0.3) is 0 Å². The molecule has 1 nitrogen and oxygen atoms in total. The second kappa shape index (κ2) is 6.18. The predicted molar refractivity (Wildman–Crippen MR) is 52.5 cm³/mol. The van der Waals surface area contributed by atoms with Crippen molar-refractivity contribution in [3.05, 3.63) is 48.6 Å². The van der Waals surface area contributed by atoms with E-state index in [0.717, 1.165) is 5.57 Å². The summed E-state index contributed by atoms with van der Waals surface area (Å²) in [4.78, 5) is 0. The van der Waals surface area contributed by atoms with Gasteiger partial charge >= 0.3 is 0 Å². The molecule has 0 rings (SSSR count). The van der Waals surface area contributed by atoms with Gasteiger partial charge in [0.2, 0.25) is 0 Å². The summed E-state index contributed by atoms with van der Waals surface area (Å²) in [6, 6.07) is 2.03. The average Bonchev–Trinajstić information content (AvgIpc) is 2.07. The molecule has 0 unspecified atom stereocenters. The molecule has 0 aliphatic rings. The first-order chi connectivity index (χ1) is 5.74. The van der Waals surface area contributed by atoms with Crippen LogP contribution in [0.4, 0.5) is 0 Å². The Hall–Kier alpha value is -1.55. The molecule has 0 radical (unpaired) electrons. The van der Waals surface area contributed by atoms with Crippen molar-refractivity contribution in [2.45, 2.75) is 13.3 Å². The molecule has 0 aromatic rings. The van der Waals surface area contributed by atoms with Crippen LogP contribution in [-0.4, -0.2) is 0 Å². The first-order valence-electron chi connectivity index (χ1n) is 3.77. The molecule has 62 valence electrons. The molecule has 0 fully saturated rings. The summed E-state index contributed by atoms with van der Waals surface area (Å²) in [6.07, 6.45) is 7.92. The van der Waals surface area contributed by atoms with E-state index < -0.39 is 0 Å². The van der Waals surface area contributed by atoms with Crippen LogP contribution in [0.2, 0.25) is 0 Å². The first-order valence-corrected chi connectivity index (χ1v) is 3.77. The normalized spacial score (nSPS) is 11.2. The number of rotatable bonds is 4. The molecule has 0 amide bonds. The van der Waals surface area contributed by atoms with Crippen molar-refractivity contribution in [1.82, 2.24) is 0 Å². The highest BCUT2D eigenvalue weighted by molar-refractivity contribution is 5.33. The minimum absolute atomic E-state index is 0.598. The summed E-state index contributed by atoms with van der Waals surface area (Å²) in [5, 5.41) is 8.53. The van der Waals surface area contributed by atoms with Crippen LogP contribution in [0.5, 0.6) is 0 Å². The van der Waals surface area contributed by atoms with Gasteiger partial charge in [0.25, 0.3) is 0 Å². The Bertz CT molecular complexity index is 261. The molecule has 0 saturated carbocycles. The van der Waals surface area contributed by atoms with Gasteiger partial charge in [0.05, 0.1) is 6.07 Å². The monoisotopic (exact) mass is 159 g/mol. The zero-order valence-electron chi connectivity index (χ0n) is 7.38. The van der Waals surface area contributed by atoms with Crippen molar-refractivity contribution >= 4 is 0 Å². The molecular weight excluding hydrogens is 146 g/mol. The van der Waals surface area contributed by atoms with Crippen molar-refractivity contribution in [2.24, 2.45) is 0 Å². The molecule has 0 bridgehead atoms. The molecule has 0 atom stereocenters. The Kier molecular flexibility index (Phi) is 5.38. The number of hydrogen-bond donors (Lipinski definition) is 0. The Morgan fingerprint density at radius 1 is 1.58 bits per heavy atom. The van der Waals surface area contributed by atoms with E-state index in [-0.39, 0.29) is 0 Å². The highest BCUT2D eigenvalue weighted by Crippen LogP contribution is 2.04. The van der Waals surface area contributed by atoms with Gasteiger partial charge in [-0.2, -0.15) is 5.26 Å². The summed E-state index contributed by atoms with van der Waals surface area (Å²) in [7, 11) is 0. The summed E-state index contributed by atoms with van der Waals surface area (Å²) in [6.45, 7) is 9.27. The lowest BCUT2D eigenvalue weighted by molar-refractivity contribution is 1.28. The van der Waals surface area contributed by atoms with Gasteiger partial charge < -0.3 is 0 Å². The van der Waals surface area contributed by atoms with Gasteiger partial charge in [-0.1, -0.05) is 43.0 Å². The van der Waals surface area contributed by atoms with Crippen LogP contribution < -0.4 is 0 Å². The Morgan fingerprint density at radius 2 is 2.25 bits per heavy atom. The molecule has 12 heavy (non-hydrogen) atoms. The van der Waals surface area contributed by atoms with Gasteiger partial charge in [0.1, 0.15) is 0 Å². The van der Waals surface area contributed by atoms with Crippen molar-refractivity contribution in [2.75, 3.05) is 0 Å². The second-order valence-electron chi connectivity index (χ2n) is 2.34. The fourth-order valence-electron chi connectivity index (χ4n) is 0.719. The lowest BCUT2D eigenvalue weighted by atomic mass is 10.1. The van der Waals surface area contributed by atoms with Crippen LogP contribution in [-0.2, 0) is 0 Å². The summed E-state index contributed by atoms with van der Waals surface area (Å²) >= 11 is 0. The van der Waals surface area contributed by atoms with E-state index in [9.17, 15) is 0 Å². The van der Waals surface area contributed by atoms with Gasteiger partial charge in [0.15, 0.2) is 0 Å². The molecule has 0 N–H and O–H groups in total. The van der Waals surface area contributed by atoms with Gasteiger partial charge in [-0.3, -0.25) is 0 Å². The highest BCUT2D eigenvalue weighted by Gasteiger charge is 1.88. The molecular formula is C11H13N. The Labute approximate surface area is 74.0 Å². The van der Waals surface area contributed by atoms with Crippen LogP contribution in [0.1, 0.15) is 13.3 Å². The van der Waals surface area contributed by atoms with Crippen LogP contribution in [0, 0.1) is 11.3 Å². The molecule has 0 aliphatic heterocycles. The minimum atomic E-state index is 0.598. The SMILES string of the molecule is C=C/C(C#N)=C\CC(=C)/C=C\C. The second-order valence-corrected chi connectivity index (χ2v) is 2.34. The van der Waals surface area contributed by atoms with E-state index in [1.165, 1.54) is 0 Å². The van der Waals surface area contributed by atoms with Gasteiger partial charge in [-0.25, -0.2) is 0 Å².